The molecule has 21 heavy (non-hydrogen) atoms. The van der Waals surface area contributed by atoms with E-state index in [0.29, 0.717) is 32.8 Å². The summed E-state index contributed by atoms with van der Waals surface area (Å²) in [5.74, 6) is 0. The van der Waals surface area contributed by atoms with Crippen LogP contribution in [0.15, 0.2) is 17.8 Å². The Bertz CT molecular complexity index is 700. The Labute approximate surface area is 141 Å². The van der Waals surface area contributed by atoms with Gasteiger partial charge in [0.15, 0.2) is 3.95 Å². The first-order valence-corrected chi connectivity index (χ1v) is 8.77. The van der Waals surface area contributed by atoms with Gasteiger partial charge in [-0.1, -0.05) is 18.3 Å². The summed E-state index contributed by atoms with van der Waals surface area (Å²) in [6.45, 7) is 5.17. The molecule has 0 atom stereocenters. The molecule has 0 aliphatic carbocycles. The van der Waals surface area contributed by atoms with Gasteiger partial charge in [0, 0.05) is 18.8 Å². The Morgan fingerprint density at radius 3 is 2.62 bits per heavy atom. The molecule has 0 radical (unpaired) electrons. The van der Waals surface area contributed by atoms with E-state index in [1.165, 1.54) is 0 Å². The molecule has 1 fully saturated rings. The van der Waals surface area contributed by atoms with Gasteiger partial charge in [0.25, 0.3) is 0 Å². The van der Waals surface area contributed by atoms with E-state index in [1.807, 2.05) is 13.8 Å². The lowest BCUT2D eigenvalue weighted by atomic mass is 10.3. The highest BCUT2D eigenvalue weighted by Crippen LogP contribution is 2.29. The molecule has 2 heterocycles. The van der Waals surface area contributed by atoms with Crippen molar-refractivity contribution < 1.29 is 9.90 Å². The molecular weight excluding hydrogens is 344 g/mol. The molecule has 0 saturated carbocycles. The molecule has 2 rings (SSSR count). The second-order valence-electron chi connectivity index (χ2n) is 4.10. The fourth-order valence-electron chi connectivity index (χ4n) is 1.94. The van der Waals surface area contributed by atoms with Gasteiger partial charge in [-0.05, 0) is 55.0 Å². The highest BCUT2D eigenvalue weighted by molar-refractivity contribution is 8.33. The number of thiazole rings is 1. The van der Waals surface area contributed by atoms with Gasteiger partial charge in [0.1, 0.15) is 4.32 Å². The summed E-state index contributed by atoms with van der Waals surface area (Å²) in [6.07, 6.45) is 5.09. The van der Waals surface area contributed by atoms with Gasteiger partial charge < -0.3 is 14.6 Å². The molecule has 1 saturated heterocycles. The Hall–Kier alpha value is -0.960. The third kappa shape index (κ3) is 3.28. The van der Waals surface area contributed by atoms with Crippen molar-refractivity contribution in [1.82, 2.24) is 9.47 Å². The van der Waals surface area contributed by atoms with Crippen molar-refractivity contribution in [3.8, 4) is 5.06 Å². The van der Waals surface area contributed by atoms with Crippen LogP contribution in [0.4, 0.5) is 0 Å². The van der Waals surface area contributed by atoms with Crippen molar-refractivity contribution in [3.05, 3.63) is 27.5 Å². The van der Waals surface area contributed by atoms with Gasteiger partial charge in [0.05, 0.1) is 5.70 Å². The summed E-state index contributed by atoms with van der Waals surface area (Å²) < 4.78 is 2.92. The van der Waals surface area contributed by atoms with E-state index in [9.17, 15) is 9.90 Å². The molecule has 0 amide bonds. The van der Waals surface area contributed by atoms with E-state index in [0.717, 1.165) is 23.1 Å². The van der Waals surface area contributed by atoms with Crippen molar-refractivity contribution in [1.29, 1.82) is 0 Å². The van der Waals surface area contributed by atoms with Crippen LogP contribution in [-0.4, -0.2) is 25.4 Å². The van der Waals surface area contributed by atoms with Crippen molar-refractivity contribution >= 4 is 63.0 Å². The molecule has 112 valence electrons. The lowest BCUT2D eigenvalue weighted by Crippen LogP contribution is -2.21. The Kier molecular flexibility index (Phi) is 5.37. The summed E-state index contributed by atoms with van der Waals surface area (Å²) in [4.78, 5) is 13.6. The monoisotopic (exact) mass is 357 g/mol. The van der Waals surface area contributed by atoms with Crippen LogP contribution in [0.2, 0.25) is 0 Å². The van der Waals surface area contributed by atoms with Crippen LogP contribution in [0, 0.1) is 3.95 Å². The number of nitrogens with zero attached hydrogens (tertiary/aromatic N) is 2. The summed E-state index contributed by atoms with van der Waals surface area (Å²) in [7, 11) is 0. The van der Waals surface area contributed by atoms with Crippen LogP contribution in [-0.2, 0) is 11.3 Å². The van der Waals surface area contributed by atoms with Crippen LogP contribution < -0.4 is 5.11 Å². The number of allylic oxidation sites excluding steroid dienone is 2. The van der Waals surface area contributed by atoms with Crippen LogP contribution in [0.25, 0.3) is 6.08 Å². The molecule has 0 N–H and O–H groups in total. The number of likely N-dealkylation sites (N-methyl/N-ethyl adjacent to an activating group) is 1. The number of carbonyl (C=O) groups is 1. The molecule has 1 aliphatic rings. The fourth-order valence-corrected chi connectivity index (χ4v) is 4.40. The van der Waals surface area contributed by atoms with Gasteiger partial charge in [-0.25, -0.2) is 0 Å². The molecule has 0 bridgehead atoms. The molecule has 8 heteroatoms. The van der Waals surface area contributed by atoms with Gasteiger partial charge in [0.2, 0.25) is 5.12 Å². The summed E-state index contributed by atoms with van der Waals surface area (Å²) >= 11 is 12.4. The number of thioether (sulfide) groups is 1. The zero-order valence-electron chi connectivity index (χ0n) is 11.5. The normalized spacial score (nSPS) is 17.6. The van der Waals surface area contributed by atoms with Gasteiger partial charge in [-0.2, -0.15) is 0 Å². The van der Waals surface area contributed by atoms with Gasteiger partial charge >= 0.3 is 0 Å². The first kappa shape index (κ1) is 16.4. The van der Waals surface area contributed by atoms with E-state index in [1.54, 1.807) is 27.7 Å². The van der Waals surface area contributed by atoms with E-state index < -0.39 is 0 Å². The highest BCUT2D eigenvalue weighted by Gasteiger charge is 2.29. The zero-order chi connectivity index (χ0) is 15.6. The van der Waals surface area contributed by atoms with Crippen LogP contribution in [0.5, 0.6) is 5.06 Å². The number of aromatic nitrogens is 1. The summed E-state index contributed by atoms with van der Waals surface area (Å²) in [5.41, 5.74) is 1.10. The quantitative estimate of drug-likeness (QED) is 0.609. The maximum Gasteiger partial charge on any atom is 0.242 e. The highest BCUT2D eigenvalue weighted by atomic mass is 32.2. The van der Waals surface area contributed by atoms with Crippen molar-refractivity contribution in [2.45, 2.75) is 20.4 Å². The maximum atomic E-state index is 11.8. The third-order valence-electron chi connectivity index (χ3n) is 2.94. The number of hydrogen-bond donors (Lipinski definition) is 0. The van der Waals surface area contributed by atoms with Crippen molar-refractivity contribution in [2.24, 2.45) is 0 Å². The maximum absolute atomic E-state index is 11.8. The second-order valence-corrected chi connectivity index (χ2v) is 7.31. The molecule has 1 aromatic rings. The molecule has 0 unspecified atom stereocenters. The lowest BCUT2D eigenvalue weighted by Gasteiger charge is -2.14. The summed E-state index contributed by atoms with van der Waals surface area (Å²) in [6, 6.07) is 0. The van der Waals surface area contributed by atoms with E-state index >= 15 is 0 Å². The number of hydrogen-bond acceptors (Lipinski definition) is 6. The number of carbonyl (C=O) groups excluding carboxylic acids is 1. The number of thiocarbonyl (C=S) groups is 1. The largest absolute Gasteiger partial charge is 0.864 e. The Morgan fingerprint density at radius 1 is 1.29 bits per heavy atom. The van der Waals surface area contributed by atoms with E-state index in [4.69, 9.17) is 24.4 Å². The standard InChI is InChI=1S/C13H14N2O2S4/c1-3-14-8(10(16)20-12(14)18)6-5-7-9-11(17)21-13(19)15(9)4-2/h5-7,16H,3-4H2,1-2H3/p-1/b6-5?,9-7+. The topological polar surface area (TPSA) is 48.3 Å². The van der Waals surface area contributed by atoms with Gasteiger partial charge in [-0.15, -0.1) is 11.3 Å². The minimum absolute atomic E-state index is 0.0634. The fraction of sp³-hybridized carbons (Fsp3) is 0.308. The van der Waals surface area contributed by atoms with Crippen molar-refractivity contribution in [3.63, 3.8) is 0 Å². The third-order valence-corrected chi connectivity index (χ3v) is 5.46. The molecule has 1 aliphatic heterocycles. The molecule has 0 aromatic carbocycles. The summed E-state index contributed by atoms with van der Waals surface area (Å²) in [5, 5.41) is 11.7. The Morgan fingerprint density at radius 2 is 2.00 bits per heavy atom. The first-order chi connectivity index (χ1) is 9.99. The van der Waals surface area contributed by atoms with Crippen molar-refractivity contribution in [2.75, 3.05) is 6.54 Å². The SMILES string of the molecule is CCN1C(=S)SC(=O)/C1=C\C=Cc1c([O-])sc(=S)n1CC. The molecule has 1 aromatic heterocycles. The average molecular weight is 358 g/mol. The molecule has 4 nitrogen and oxygen atoms in total. The zero-order valence-corrected chi connectivity index (χ0v) is 14.8. The van der Waals surface area contributed by atoms with Gasteiger partial charge in [-0.3, -0.25) is 4.79 Å². The minimum Gasteiger partial charge on any atom is -0.864 e. The molecular formula is C13H13N2O2S4-. The minimum atomic E-state index is -0.0634. The average Bonchev–Trinajstić information content (AvgIpc) is 2.86. The van der Waals surface area contributed by atoms with E-state index in [2.05, 4.69) is 0 Å². The predicted molar refractivity (Wildman–Crippen MR) is 93.0 cm³/mol. The first-order valence-electron chi connectivity index (χ1n) is 6.32. The molecule has 0 spiro atoms. The Balaban J connectivity index is 2.30. The van der Waals surface area contributed by atoms with Crippen LogP contribution in [0.3, 0.4) is 0 Å². The lowest BCUT2D eigenvalue weighted by molar-refractivity contribution is -0.262. The van der Waals surface area contributed by atoms with Crippen LogP contribution in [0.1, 0.15) is 19.5 Å². The van der Waals surface area contributed by atoms with Crippen LogP contribution >= 0.6 is 47.5 Å². The predicted octanol–water partition coefficient (Wildman–Crippen LogP) is 3.15. The second kappa shape index (κ2) is 6.87. The number of rotatable bonds is 4. The smallest absolute Gasteiger partial charge is 0.242 e. The van der Waals surface area contributed by atoms with E-state index in [-0.39, 0.29) is 10.2 Å².